The quantitative estimate of drug-likeness (QED) is 0.0665. The first-order valence-electron chi connectivity index (χ1n) is 26.6. The van der Waals surface area contributed by atoms with Gasteiger partial charge in [0.1, 0.15) is 28.3 Å². The van der Waals surface area contributed by atoms with E-state index in [0.29, 0.717) is 63.6 Å². The minimum atomic E-state index is -2.74. The Morgan fingerprint density at radius 1 is 0.718 bits per heavy atom. The zero-order chi connectivity index (χ0) is 58.9. The van der Waals surface area contributed by atoms with Crippen molar-refractivity contribution in [3.8, 4) is 22.9 Å². The molecule has 0 spiro atoms. The van der Waals surface area contributed by atoms with E-state index in [4.69, 9.17) is 24.3 Å². The van der Waals surface area contributed by atoms with Gasteiger partial charge in [0.25, 0.3) is 19.3 Å². The van der Waals surface area contributed by atoms with Crippen LogP contribution in [-0.4, -0.2) is 120 Å². The molecule has 0 radical (unpaired) electrons. The fraction of sp³-hybridized carbons (Fsp3) is 0.446. The van der Waals surface area contributed by atoms with Gasteiger partial charge in [-0.2, -0.15) is 0 Å². The molecule has 13 rings (SSSR count). The minimum absolute atomic E-state index is 0. The molecule has 0 N–H and O–H groups in total. The zero-order valence-electron chi connectivity index (χ0n) is 49.6. The van der Waals surface area contributed by atoms with E-state index in [1.165, 1.54) is 34.3 Å². The minimum Gasteiger partial charge on any atom is -1.00 e. The van der Waals surface area contributed by atoms with Crippen LogP contribution in [0, 0.1) is 13.8 Å². The van der Waals surface area contributed by atoms with Crippen LogP contribution in [0.5, 0.6) is 0 Å². The van der Waals surface area contributed by atoms with Gasteiger partial charge >= 0.3 is 110 Å². The van der Waals surface area contributed by atoms with E-state index in [1.807, 2.05) is 72.9 Å². The summed E-state index contributed by atoms with van der Waals surface area (Å²) in [5.74, 6) is 3.26. The summed E-state index contributed by atoms with van der Waals surface area (Å²) in [4.78, 5) is 57.9. The normalized spacial score (nSPS) is 18.3. The van der Waals surface area contributed by atoms with Gasteiger partial charge in [0.2, 0.25) is 11.8 Å². The number of benzene rings is 2. The molecule has 2 atom stereocenters. The maximum Gasteiger partial charge on any atom is 1.00 e. The summed E-state index contributed by atoms with van der Waals surface area (Å²) in [6, 6.07) is 13.4. The molecule has 0 bridgehead atoms. The fourth-order valence-corrected chi connectivity index (χ4v) is 10.9. The zero-order valence-corrected chi connectivity index (χ0v) is 56.5. The number of carbonyl (C=O) groups excluding carboxylic acids is 3. The fourth-order valence-electron chi connectivity index (χ4n) is 10.4. The van der Waals surface area contributed by atoms with Crippen molar-refractivity contribution in [2.45, 2.75) is 150 Å². The second-order valence-corrected chi connectivity index (χ2v) is 22.8. The third-order valence-corrected chi connectivity index (χ3v) is 16.3. The molecule has 2 unspecified atom stereocenters. The first-order chi connectivity index (χ1) is 38.9. The van der Waals surface area contributed by atoms with Gasteiger partial charge in [0, 0.05) is 42.3 Å². The molecule has 9 heterocycles. The Morgan fingerprint density at radius 2 is 1.15 bits per heavy atom. The number of nitrogens with zero attached hydrogens (tertiary/aromatic N) is 14. The van der Waals surface area contributed by atoms with Gasteiger partial charge in [-0.05, 0) is 127 Å². The number of imidazole rings is 2. The Morgan fingerprint density at radius 3 is 1.60 bits per heavy atom. The Bertz CT molecular complexity index is 3770. The van der Waals surface area contributed by atoms with Gasteiger partial charge in [0.05, 0.1) is 87.3 Å². The maximum atomic E-state index is 14.2. The number of fused-ring (bicyclic) bond motifs is 4. The molecule has 8 aromatic rings. The van der Waals surface area contributed by atoms with Crippen molar-refractivity contribution >= 4 is 68.6 Å². The van der Waals surface area contributed by atoms with E-state index in [2.05, 4.69) is 65.5 Å². The van der Waals surface area contributed by atoms with Crippen molar-refractivity contribution in [3.63, 3.8) is 0 Å². The summed E-state index contributed by atoms with van der Waals surface area (Å²) in [5.41, 5.74) is 5.04. The van der Waals surface area contributed by atoms with Gasteiger partial charge in [-0.25, -0.2) is 46.9 Å². The number of alkyl halides is 4. The average molecular weight is 1290 g/mol. The molecule has 85 heavy (non-hydrogen) atoms. The number of aryl methyl sites for hydroxylation is 2. The summed E-state index contributed by atoms with van der Waals surface area (Å²) in [5, 5.41) is 25.2. The summed E-state index contributed by atoms with van der Waals surface area (Å²) < 4.78 is 75.9. The molecule has 29 heteroatoms. The molecule has 2 aromatic carbocycles. The first kappa shape index (κ1) is 68.3. The molecule has 3 aliphatic heterocycles. The Kier molecular flexibility index (Phi) is 21.9. The Hall–Kier alpha value is -4.21. The Balaban J connectivity index is 0.000000205. The van der Waals surface area contributed by atoms with Crippen molar-refractivity contribution in [3.05, 3.63) is 111 Å². The van der Waals surface area contributed by atoms with E-state index in [1.54, 1.807) is 55.2 Å². The van der Waals surface area contributed by atoms with E-state index in [0.717, 1.165) is 51.7 Å². The summed E-state index contributed by atoms with van der Waals surface area (Å²) in [6.07, 6.45) is 2.18. The third-order valence-electron chi connectivity index (χ3n) is 15.6. The standard InChI is InChI=1S/C24H23F2N7O.C19H21BF2N4O2.C11H14BrN3O.CH2O3.CH4.2K.H/c1-12-10-32(30-29-12)23-17(21(25)26)9-16-15(5-4-6-18(16)27-23)20-19-11-31(3)24(34)13(2)33(19)22(28-20)14-7-8-14;1-11-10-26(25-24-11)17-13(16(21)22)9-12-14(7-6-8-15(12)23-17)20-27-18(2,3)19(4,5)28-20;1-6-11(16)14(2)5-8-9(12)13-10(15(6)8)7-3-4-7;2-1-4-3;;;;/h4-6,9-10,13-14,21H,7-8,11H2,1-3H3;6-10,16H,1-5H3;6-7H,3-5H2,1-2H3;1,3H;1H4;;;/q;;;;;2*+1;-1/p-1. The van der Waals surface area contributed by atoms with Crippen LogP contribution in [0.15, 0.2) is 65.5 Å². The van der Waals surface area contributed by atoms with Crippen LogP contribution in [0.2, 0.25) is 0 Å². The number of aromatic nitrogens is 12. The van der Waals surface area contributed by atoms with Gasteiger partial charge in [-0.1, -0.05) is 42.1 Å². The van der Waals surface area contributed by atoms with Crippen LogP contribution in [0.1, 0.15) is 158 Å². The monoisotopic (exact) mass is 1290 g/mol. The van der Waals surface area contributed by atoms with Gasteiger partial charge in [0.15, 0.2) is 11.6 Å². The van der Waals surface area contributed by atoms with Crippen molar-refractivity contribution in [2.24, 2.45) is 0 Å². The molecule has 1 saturated heterocycles. The molecule has 3 fully saturated rings. The first-order valence-corrected chi connectivity index (χ1v) is 27.4. The Labute approximate surface area is 583 Å². The number of carbonyl (C=O) groups is 3. The SMILES string of the molecule is C.CC1C(=O)N(C)Cc2c(Br)nc(C3CC3)n21.Cc1cn(-c2nc3cccc(-c4nc(C5CC5)n5c4CN(C)C(=O)C5C)c3cc2C(F)F)nn1.Cc1cn(-c2nc3cccc(B4OC(C)(C)C(C)(C)O4)c3cc2C(F)F)nn1.O=CO[O-].[H-].[K+].[K+]. The van der Waals surface area contributed by atoms with Crippen LogP contribution in [0.25, 0.3) is 44.7 Å². The van der Waals surface area contributed by atoms with Crippen LogP contribution in [0.4, 0.5) is 17.6 Å². The predicted molar refractivity (Wildman–Crippen MR) is 301 cm³/mol. The van der Waals surface area contributed by atoms with Gasteiger partial charge in [-0.3, -0.25) is 14.4 Å². The number of hydrogen-bond acceptors (Lipinski definition) is 15. The number of halogens is 5. The molecule has 21 nitrogen and oxygen atoms in total. The molecule has 6 aromatic heterocycles. The molecule has 5 aliphatic rings. The van der Waals surface area contributed by atoms with Gasteiger partial charge < -0.3 is 39.8 Å². The topological polar surface area (TPSA) is 231 Å². The number of likely N-dealkylation sites (N-methyl/N-ethyl adjacent to an activating group) is 2. The molecule has 440 valence electrons. The van der Waals surface area contributed by atoms with Crippen LogP contribution in [-0.2, 0) is 41.7 Å². The molecular weight excluding hydrogens is 1230 g/mol. The van der Waals surface area contributed by atoms with Crippen molar-refractivity contribution in [1.82, 2.24) is 68.9 Å². The molecule has 2 saturated carbocycles. The van der Waals surface area contributed by atoms with Crippen LogP contribution < -0.4 is 113 Å². The average Bonchev–Trinajstić information content (AvgIpc) is 1.61. The van der Waals surface area contributed by atoms with E-state index in [9.17, 15) is 27.2 Å². The van der Waals surface area contributed by atoms with E-state index < -0.39 is 31.2 Å². The van der Waals surface area contributed by atoms with Crippen molar-refractivity contribution < 1.29 is 156 Å². The number of amides is 2. The summed E-state index contributed by atoms with van der Waals surface area (Å²) in [7, 11) is 2.96. The van der Waals surface area contributed by atoms with Gasteiger partial charge in [-0.15, -0.1) is 10.2 Å². The number of hydrogen-bond donors (Lipinski definition) is 0. The number of rotatable bonds is 9. The molecular formula is C56H64BBrF4K2N14O7. The largest absolute Gasteiger partial charge is 1.00 e. The summed E-state index contributed by atoms with van der Waals surface area (Å²) >= 11 is 3.50. The number of pyridine rings is 2. The molecule has 2 amide bonds. The van der Waals surface area contributed by atoms with Crippen LogP contribution in [0.3, 0.4) is 0 Å². The van der Waals surface area contributed by atoms with Crippen molar-refractivity contribution in [2.75, 3.05) is 14.1 Å². The smallest absolute Gasteiger partial charge is 1.00 e. The molecule has 2 aliphatic carbocycles. The van der Waals surface area contributed by atoms with E-state index in [-0.39, 0.29) is 165 Å². The van der Waals surface area contributed by atoms with E-state index >= 15 is 0 Å². The predicted octanol–water partition coefficient (Wildman–Crippen LogP) is 2.94. The second kappa shape index (κ2) is 27.3. The van der Waals surface area contributed by atoms with Crippen molar-refractivity contribution in [1.29, 1.82) is 0 Å². The van der Waals surface area contributed by atoms with Crippen LogP contribution >= 0.6 is 15.9 Å². The third kappa shape index (κ3) is 13.7. The maximum absolute atomic E-state index is 14.2. The second-order valence-electron chi connectivity index (χ2n) is 22.1. The summed E-state index contributed by atoms with van der Waals surface area (Å²) in [6.45, 7) is 16.0.